The molecular formula is C24H23NO6S. The minimum atomic E-state index is -4.01. The number of aliphatic hydroxyl groups is 1. The van der Waals surface area contributed by atoms with Crippen molar-refractivity contribution >= 4 is 20.9 Å². The van der Waals surface area contributed by atoms with Crippen molar-refractivity contribution in [1.82, 2.24) is 3.97 Å². The van der Waals surface area contributed by atoms with Gasteiger partial charge in [0.1, 0.15) is 23.4 Å². The van der Waals surface area contributed by atoms with Crippen LogP contribution >= 0.6 is 0 Å². The third kappa shape index (κ3) is 3.68. The van der Waals surface area contributed by atoms with Crippen molar-refractivity contribution in [1.29, 1.82) is 0 Å². The van der Waals surface area contributed by atoms with Gasteiger partial charge in [0.25, 0.3) is 10.0 Å². The number of benzene rings is 3. The highest BCUT2D eigenvalue weighted by molar-refractivity contribution is 7.90. The first-order chi connectivity index (χ1) is 15.4. The van der Waals surface area contributed by atoms with Crippen LogP contribution in [-0.4, -0.2) is 38.8 Å². The van der Waals surface area contributed by atoms with Crippen LogP contribution in [0.2, 0.25) is 0 Å². The topological polar surface area (TPSA) is 87.0 Å². The fourth-order valence-electron chi connectivity index (χ4n) is 3.68. The molecule has 1 aromatic heterocycles. The number of ether oxygens (including phenoxy) is 3. The second-order valence-corrected chi connectivity index (χ2v) is 8.87. The first kappa shape index (κ1) is 21.7. The van der Waals surface area contributed by atoms with E-state index < -0.39 is 16.1 Å². The summed E-state index contributed by atoms with van der Waals surface area (Å²) in [5.74, 6) is 1.51. The number of hydrogen-bond acceptors (Lipinski definition) is 6. The highest BCUT2D eigenvalue weighted by atomic mass is 32.2. The van der Waals surface area contributed by atoms with Gasteiger partial charge in [0.15, 0.2) is 0 Å². The highest BCUT2D eigenvalue weighted by Gasteiger charge is 2.28. The van der Waals surface area contributed by atoms with Crippen LogP contribution < -0.4 is 14.2 Å². The molecule has 1 unspecified atom stereocenters. The molecule has 8 heteroatoms. The van der Waals surface area contributed by atoms with Gasteiger partial charge < -0.3 is 19.3 Å². The fourth-order valence-corrected chi connectivity index (χ4v) is 5.24. The number of aromatic nitrogens is 1. The van der Waals surface area contributed by atoms with Crippen LogP contribution in [0, 0.1) is 0 Å². The SMILES string of the molecule is COc1ccc(C(O)c2cc3cc(OC)ccc3n2S(=O)(=O)c2ccccc2)c(OC)c1. The number of nitrogens with zero attached hydrogens (tertiary/aromatic N) is 1. The van der Waals surface area contributed by atoms with E-state index in [-0.39, 0.29) is 10.6 Å². The summed E-state index contributed by atoms with van der Waals surface area (Å²) in [5.41, 5.74) is 1.02. The molecule has 0 bridgehead atoms. The van der Waals surface area contributed by atoms with Crippen LogP contribution in [0.3, 0.4) is 0 Å². The normalized spacial score (nSPS) is 12.5. The molecule has 1 heterocycles. The van der Waals surface area contributed by atoms with Crippen molar-refractivity contribution in [3.05, 3.63) is 84.1 Å². The van der Waals surface area contributed by atoms with Crippen molar-refractivity contribution in [3.8, 4) is 17.2 Å². The van der Waals surface area contributed by atoms with Gasteiger partial charge in [-0.1, -0.05) is 18.2 Å². The lowest BCUT2D eigenvalue weighted by atomic mass is 10.0. The van der Waals surface area contributed by atoms with Gasteiger partial charge in [-0.05, 0) is 48.5 Å². The Morgan fingerprint density at radius 2 is 1.47 bits per heavy atom. The molecule has 7 nitrogen and oxygen atoms in total. The largest absolute Gasteiger partial charge is 0.497 e. The summed E-state index contributed by atoms with van der Waals surface area (Å²) in [6, 6.07) is 19.8. The molecule has 0 saturated heterocycles. The van der Waals surface area contributed by atoms with E-state index >= 15 is 0 Å². The lowest BCUT2D eigenvalue weighted by Gasteiger charge is -2.19. The minimum absolute atomic E-state index is 0.114. The van der Waals surface area contributed by atoms with Gasteiger partial charge in [-0.25, -0.2) is 12.4 Å². The number of methoxy groups -OCH3 is 3. The molecule has 0 aliphatic rings. The fraction of sp³-hybridized carbons (Fsp3) is 0.167. The Kier molecular flexibility index (Phi) is 5.82. The summed E-state index contributed by atoms with van der Waals surface area (Å²) in [6.07, 6.45) is -1.28. The predicted octanol–water partition coefficient (Wildman–Crippen LogP) is 3.99. The van der Waals surface area contributed by atoms with E-state index in [1.807, 2.05) is 0 Å². The summed E-state index contributed by atoms with van der Waals surface area (Å²) in [4.78, 5) is 0.114. The molecule has 32 heavy (non-hydrogen) atoms. The van der Waals surface area contributed by atoms with Gasteiger partial charge in [0, 0.05) is 17.0 Å². The molecular weight excluding hydrogens is 430 g/mol. The average molecular weight is 454 g/mol. The second-order valence-electron chi connectivity index (χ2n) is 7.09. The standard InChI is InChI=1S/C24H23NO6S/c1-29-17-10-12-21-16(13-17)14-22(25(21)32(27,28)19-7-5-4-6-8-19)24(26)20-11-9-18(30-2)15-23(20)31-3/h4-15,24,26H,1-3H3. The van der Waals surface area contributed by atoms with Gasteiger partial charge in [-0.2, -0.15) is 0 Å². The summed E-state index contributed by atoms with van der Waals surface area (Å²) >= 11 is 0. The molecule has 166 valence electrons. The number of fused-ring (bicyclic) bond motifs is 1. The van der Waals surface area contributed by atoms with Crippen LogP contribution in [-0.2, 0) is 10.0 Å². The van der Waals surface area contributed by atoms with E-state index in [1.54, 1.807) is 60.7 Å². The van der Waals surface area contributed by atoms with Gasteiger partial charge in [-0.15, -0.1) is 0 Å². The van der Waals surface area contributed by atoms with Crippen molar-refractivity contribution in [3.63, 3.8) is 0 Å². The third-order valence-electron chi connectivity index (χ3n) is 5.29. The third-order valence-corrected chi connectivity index (χ3v) is 7.04. The van der Waals surface area contributed by atoms with Crippen molar-refractivity contribution in [2.45, 2.75) is 11.0 Å². The number of hydrogen-bond donors (Lipinski definition) is 1. The quantitative estimate of drug-likeness (QED) is 0.455. The van der Waals surface area contributed by atoms with E-state index in [0.29, 0.717) is 33.7 Å². The molecule has 0 spiro atoms. The number of aliphatic hydroxyl groups excluding tert-OH is 1. The Bertz CT molecular complexity index is 1360. The molecule has 1 atom stereocenters. The van der Waals surface area contributed by atoms with Crippen LogP contribution in [0.4, 0.5) is 0 Å². The first-order valence-corrected chi connectivity index (χ1v) is 11.2. The van der Waals surface area contributed by atoms with Crippen molar-refractivity contribution in [2.24, 2.45) is 0 Å². The van der Waals surface area contributed by atoms with E-state index in [1.165, 1.54) is 37.4 Å². The smallest absolute Gasteiger partial charge is 0.268 e. The Balaban J connectivity index is 1.98. The monoisotopic (exact) mass is 453 g/mol. The Hall–Kier alpha value is -3.49. The van der Waals surface area contributed by atoms with Gasteiger partial charge in [-0.3, -0.25) is 0 Å². The Morgan fingerprint density at radius 1 is 0.812 bits per heavy atom. The maximum Gasteiger partial charge on any atom is 0.268 e. The zero-order chi connectivity index (χ0) is 22.9. The molecule has 0 saturated carbocycles. The molecule has 0 fully saturated rings. The van der Waals surface area contributed by atoms with Crippen molar-refractivity contribution in [2.75, 3.05) is 21.3 Å². The van der Waals surface area contributed by atoms with Gasteiger partial charge >= 0.3 is 0 Å². The lowest BCUT2D eigenvalue weighted by molar-refractivity contribution is 0.209. The summed E-state index contributed by atoms with van der Waals surface area (Å²) in [5, 5.41) is 12.0. The maximum absolute atomic E-state index is 13.6. The Labute approximate surface area is 186 Å². The highest BCUT2D eigenvalue weighted by Crippen LogP contribution is 2.37. The molecule has 4 rings (SSSR count). The van der Waals surface area contributed by atoms with Crippen LogP contribution in [0.5, 0.6) is 17.2 Å². The zero-order valence-electron chi connectivity index (χ0n) is 17.8. The molecule has 0 aliphatic carbocycles. The zero-order valence-corrected chi connectivity index (χ0v) is 18.7. The first-order valence-electron chi connectivity index (χ1n) is 9.80. The minimum Gasteiger partial charge on any atom is -0.497 e. The molecule has 4 aromatic rings. The van der Waals surface area contributed by atoms with E-state index in [0.717, 1.165) is 0 Å². The average Bonchev–Trinajstić information content (AvgIpc) is 3.23. The summed E-state index contributed by atoms with van der Waals surface area (Å²) in [7, 11) is 0.540. The van der Waals surface area contributed by atoms with E-state index in [2.05, 4.69) is 0 Å². The molecule has 3 aromatic carbocycles. The van der Waals surface area contributed by atoms with Crippen LogP contribution in [0.1, 0.15) is 17.4 Å². The van der Waals surface area contributed by atoms with Crippen molar-refractivity contribution < 1.29 is 27.7 Å². The van der Waals surface area contributed by atoms with Crippen LogP contribution in [0.25, 0.3) is 10.9 Å². The van der Waals surface area contributed by atoms with Gasteiger partial charge in [0.05, 0.1) is 37.4 Å². The second kappa shape index (κ2) is 8.57. The van der Waals surface area contributed by atoms with E-state index in [9.17, 15) is 13.5 Å². The van der Waals surface area contributed by atoms with Crippen LogP contribution in [0.15, 0.2) is 77.7 Å². The van der Waals surface area contributed by atoms with E-state index in [4.69, 9.17) is 14.2 Å². The van der Waals surface area contributed by atoms with Gasteiger partial charge in [0.2, 0.25) is 0 Å². The molecule has 1 N–H and O–H groups in total. The lowest BCUT2D eigenvalue weighted by Crippen LogP contribution is -2.18. The molecule has 0 radical (unpaired) electrons. The molecule has 0 amide bonds. The maximum atomic E-state index is 13.6. The summed E-state index contributed by atoms with van der Waals surface area (Å²) < 4.78 is 44.4. The molecule has 0 aliphatic heterocycles. The Morgan fingerprint density at radius 3 is 2.12 bits per heavy atom. The predicted molar refractivity (Wildman–Crippen MR) is 121 cm³/mol. The summed E-state index contributed by atoms with van der Waals surface area (Å²) in [6.45, 7) is 0. The number of rotatable bonds is 7.